The van der Waals surface area contributed by atoms with E-state index in [0.717, 1.165) is 18.8 Å². The molecule has 2 fully saturated rings. The number of rotatable bonds is 3. The molecule has 1 saturated carbocycles. The number of amides is 2. The Bertz CT molecular complexity index is 361. The Hall–Kier alpha value is -1.30. The zero-order chi connectivity index (χ0) is 14.5. The Kier molecular flexibility index (Phi) is 5.23. The van der Waals surface area contributed by atoms with Gasteiger partial charge in [0.05, 0.1) is 13.2 Å². The molecular formula is C14H24N2O4. The molecule has 6 nitrogen and oxygen atoms in total. The molecule has 1 saturated heterocycles. The van der Waals surface area contributed by atoms with Gasteiger partial charge in [-0.1, -0.05) is 19.8 Å². The van der Waals surface area contributed by atoms with Crippen molar-refractivity contribution in [3.05, 3.63) is 0 Å². The summed E-state index contributed by atoms with van der Waals surface area (Å²) in [7, 11) is 0. The van der Waals surface area contributed by atoms with Crippen molar-refractivity contribution in [2.24, 2.45) is 11.8 Å². The largest absolute Gasteiger partial charge is 0.480 e. The molecule has 0 aromatic carbocycles. The molecule has 0 aromatic rings. The molecule has 0 aromatic heterocycles. The van der Waals surface area contributed by atoms with Gasteiger partial charge in [-0.2, -0.15) is 0 Å². The van der Waals surface area contributed by atoms with E-state index in [2.05, 4.69) is 12.2 Å². The molecule has 114 valence electrons. The maximum atomic E-state index is 12.1. The molecule has 1 aliphatic heterocycles. The van der Waals surface area contributed by atoms with Crippen molar-refractivity contribution in [2.45, 2.75) is 38.6 Å². The summed E-state index contributed by atoms with van der Waals surface area (Å²) in [4.78, 5) is 24.6. The Balaban J connectivity index is 1.82. The number of carbonyl (C=O) groups is 2. The summed E-state index contributed by atoms with van der Waals surface area (Å²) in [6.45, 7) is 3.70. The molecule has 2 amide bonds. The first-order chi connectivity index (χ1) is 9.58. The monoisotopic (exact) mass is 284 g/mol. The van der Waals surface area contributed by atoms with Crippen molar-refractivity contribution in [1.29, 1.82) is 0 Å². The molecule has 1 heterocycles. The second-order valence-corrected chi connectivity index (χ2v) is 5.95. The first-order valence-electron chi connectivity index (χ1n) is 7.43. The molecule has 3 atom stereocenters. The van der Waals surface area contributed by atoms with Gasteiger partial charge in [-0.05, 0) is 24.7 Å². The standard InChI is InChI=1S/C14H24N2O4/c1-10-3-2-4-11(7-10)8-15-14(19)16-5-6-20-9-12(16)13(17)18/h10-12H,2-9H2,1H3,(H,15,19)(H,17,18). The molecule has 2 aliphatic rings. The zero-order valence-corrected chi connectivity index (χ0v) is 12.0. The third-order valence-corrected chi connectivity index (χ3v) is 4.26. The number of carbonyl (C=O) groups excluding carboxylic acids is 1. The number of hydrogen-bond acceptors (Lipinski definition) is 3. The van der Waals surface area contributed by atoms with E-state index in [1.54, 1.807) is 0 Å². The van der Waals surface area contributed by atoms with E-state index in [4.69, 9.17) is 9.84 Å². The summed E-state index contributed by atoms with van der Waals surface area (Å²) in [5.41, 5.74) is 0. The predicted molar refractivity (Wildman–Crippen MR) is 73.5 cm³/mol. The predicted octanol–water partition coefficient (Wildman–Crippen LogP) is 1.31. The first-order valence-corrected chi connectivity index (χ1v) is 7.43. The average molecular weight is 284 g/mol. The van der Waals surface area contributed by atoms with Crippen LogP contribution < -0.4 is 5.32 Å². The molecule has 0 bridgehead atoms. The van der Waals surface area contributed by atoms with E-state index in [0.29, 0.717) is 25.6 Å². The number of carboxylic acid groups (broad SMARTS) is 1. The summed E-state index contributed by atoms with van der Waals surface area (Å²) >= 11 is 0. The number of morpholine rings is 1. The van der Waals surface area contributed by atoms with Gasteiger partial charge >= 0.3 is 12.0 Å². The fraction of sp³-hybridized carbons (Fsp3) is 0.857. The summed E-state index contributed by atoms with van der Waals surface area (Å²) in [6, 6.07) is -1.15. The van der Waals surface area contributed by atoms with Crippen molar-refractivity contribution in [1.82, 2.24) is 10.2 Å². The third-order valence-electron chi connectivity index (χ3n) is 4.26. The maximum absolute atomic E-state index is 12.1. The van der Waals surface area contributed by atoms with Gasteiger partial charge in [-0.25, -0.2) is 9.59 Å². The van der Waals surface area contributed by atoms with E-state index in [1.165, 1.54) is 17.7 Å². The zero-order valence-electron chi connectivity index (χ0n) is 12.0. The van der Waals surface area contributed by atoms with Crippen molar-refractivity contribution < 1.29 is 19.4 Å². The minimum atomic E-state index is -1.01. The Morgan fingerprint density at radius 2 is 2.20 bits per heavy atom. The smallest absolute Gasteiger partial charge is 0.328 e. The average Bonchev–Trinajstić information content (AvgIpc) is 2.45. The molecule has 2 N–H and O–H groups in total. The Morgan fingerprint density at radius 3 is 2.90 bits per heavy atom. The molecule has 0 radical (unpaired) electrons. The number of nitrogens with zero attached hydrogens (tertiary/aromatic N) is 1. The number of aliphatic carboxylic acids is 1. The van der Waals surface area contributed by atoms with Gasteiger partial charge in [0.2, 0.25) is 0 Å². The first kappa shape index (κ1) is 15.1. The lowest BCUT2D eigenvalue weighted by Gasteiger charge is -2.34. The quantitative estimate of drug-likeness (QED) is 0.819. The summed E-state index contributed by atoms with van der Waals surface area (Å²) in [5, 5.41) is 12.0. The van der Waals surface area contributed by atoms with Crippen molar-refractivity contribution in [3.8, 4) is 0 Å². The molecule has 2 rings (SSSR count). The number of nitrogens with one attached hydrogen (secondary N) is 1. The lowest BCUT2D eigenvalue weighted by Crippen LogP contribution is -2.56. The minimum absolute atomic E-state index is 0.0726. The van der Waals surface area contributed by atoms with Crippen LogP contribution in [0.4, 0.5) is 4.79 Å². The van der Waals surface area contributed by atoms with Crippen LogP contribution in [0.3, 0.4) is 0 Å². The lowest BCUT2D eigenvalue weighted by molar-refractivity contribution is -0.147. The molecule has 1 aliphatic carbocycles. The van der Waals surface area contributed by atoms with E-state index in [1.807, 2.05) is 0 Å². The lowest BCUT2D eigenvalue weighted by atomic mass is 9.82. The number of hydrogen-bond donors (Lipinski definition) is 2. The molecule has 6 heteroatoms. The van der Waals surface area contributed by atoms with Crippen LogP contribution in [0.15, 0.2) is 0 Å². The highest BCUT2D eigenvalue weighted by Crippen LogP contribution is 2.27. The van der Waals surface area contributed by atoms with Gasteiger partial charge < -0.3 is 20.1 Å². The summed E-state index contributed by atoms with van der Waals surface area (Å²) in [5.74, 6) is 0.235. The molecule has 20 heavy (non-hydrogen) atoms. The van der Waals surface area contributed by atoms with Gasteiger partial charge in [-0.3, -0.25) is 0 Å². The highest BCUT2D eigenvalue weighted by molar-refractivity contribution is 5.83. The minimum Gasteiger partial charge on any atom is -0.480 e. The normalized spacial score (nSPS) is 30.9. The maximum Gasteiger partial charge on any atom is 0.328 e. The SMILES string of the molecule is CC1CCCC(CNC(=O)N2CCOCC2C(=O)O)C1. The Labute approximate surface area is 119 Å². The second-order valence-electron chi connectivity index (χ2n) is 5.95. The van der Waals surface area contributed by atoms with E-state index in [9.17, 15) is 9.59 Å². The van der Waals surface area contributed by atoms with E-state index in [-0.39, 0.29) is 12.6 Å². The fourth-order valence-electron chi connectivity index (χ4n) is 3.13. The number of carboxylic acids is 1. The highest BCUT2D eigenvalue weighted by Gasteiger charge is 2.33. The van der Waals surface area contributed by atoms with Gasteiger partial charge in [0, 0.05) is 13.1 Å². The van der Waals surface area contributed by atoms with Crippen LogP contribution in [-0.4, -0.2) is 54.4 Å². The van der Waals surface area contributed by atoms with E-state index < -0.39 is 12.0 Å². The Morgan fingerprint density at radius 1 is 1.40 bits per heavy atom. The topological polar surface area (TPSA) is 78.9 Å². The molecule has 0 spiro atoms. The van der Waals surface area contributed by atoms with Gasteiger partial charge in [0.1, 0.15) is 0 Å². The molecule has 3 unspecified atom stereocenters. The van der Waals surface area contributed by atoms with Gasteiger partial charge in [0.25, 0.3) is 0 Å². The number of ether oxygens (including phenoxy) is 1. The fourth-order valence-corrected chi connectivity index (χ4v) is 3.13. The number of urea groups is 1. The van der Waals surface area contributed by atoms with Crippen molar-refractivity contribution >= 4 is 12.0 Å². The van der Waals surface area contributed by atoms with Crippen molar-refractivity contribution in [2.75, 3.05) is 26.3 Å². The van der Waals surface area contributed by atoms with Crippen molar-refractivity contribution in [3.63, 3.8) is 0 Å². The molecular weight excluding hydrogens is 260 g/mol. The summed E-state index contributed by atoms with van der Waals surface area (Å²) < 4.78 is 5.13. The second kappa shape index (κ2) is 6.92. The van der Waals surface area contributed by atoms with Crippen LogP contribution in [0, 0.1) is 11.8 Å². The van der Waals surface area contributed by atoms with Crippen LogP contribution in [-0.2, 0) is 9.53 Å². The summed E-state index contributed by atoms with van der Waals surface area (Å²) in [6.07, 6.45) is 4.79. The van der Waals surface area contributed by atoms with Crippen LogP contribution >= 0.6 is 0 Å². The van der Waals surface area contributed by atoms with Crippen LogP contribution in [0.5, 0.6) is 0 Å². The van der Waals surface area contributed by atoms with E-state index >= 15 is 0 Å². The third kappa shape index (κ3) is 3.85. The van der Waals surface area contributed by atoms with Gasteiger partial charge in [0.15, 0.2) is 6.04 Å². The van der Waals surface area contributed by atoms with Gasteiger partial charge in [-0.15, -0.1) is 0 Å². The van der Waals surface area contributed by atoms with Crippen LogP contribution in [0.1, 0.15) is 32.6 Å². The van der Waals surface area contributed by atoms with Crippen LogP contribution in [0.2, 0.25) is 0 Å². The highest BCUT2D eigenvalue weighted by atomic mass is 16.5. The van der Waals surface area contributed by atoms with Crippen LogP contribution in [0.25, 0.3) is 0 Å².